The summed E-state index contributed by atoms with van der Waals surface area (Å²) in [4.78, 5) is 12.3. The summed E-state index contributed by atoms with van der Waals surface area (Å²) in [6.45, 7) is 0.883. The fraction of sp³-hybridized carbons (Fsp3) is 0.667. The number of amides is 1. The van der Waals surface area contributed by atoms with Crippen LogP contribution in [-0.4, -0.2) is 50.8 Å². The topological polar surface area (TPSA) is 151 Å². The number of amidine groups is 1. The standard InChI is InChI=1S/C9H15N7O3/c10-7(14-18)9(1-3-19-4-2-9)8(17)11-5-6-12-15-16-13-6/h18H,1-5H2,(H2,10,14)(H,11,17)(H,12,13,15,16). The Labute approximate surface area is 108 Å². The van der Waals surface area contributed by atoms with Gasteiger partial charge in [0.15, 0.2) is 11.7 Å². The summed E-state index contributed by atoms with van der Waals surface area (Å²) >= 11 is 0. The lowest BCUT2D eigenvalue weighted by molar-refractivity contribution is -0.131. The first kappa shape index (κ1) is 13.2. The summed E-state index contributed by atoms with van der Waals surface area (Å²) in [5, 5.41) is 27.6. The van der Waals surface area contributed by atoms with Gasteiger partial charge in [-0.25, -0.2) is 0 Å². The molecule has 1 fully saturated rings. The summed E-state index contributed by atoms with van der Waals surface area (Å²) in [7, 11) is 0. The normalized spacial score (nSPS) is 19.1. The lowest BCUT2D eigenvalue weighted by Gasteiger charge is -2.34. The first-order valence-corrected chi connectivity index (χ1v) is 5.75. The van der Waals surface area contributed by atoms with Gasteiger partial charge in [0.1, 0.15) is 5.41 Å². The van der Waals surface area contributed by atoms with Gasteiger partial charge in [0.2, 0.25) is 5.91 Å². The van der Waals surface area contributed by atoms with Crippen LogP contribution in [0.4, 0.5) is 0 Å². The van der Waals surface area contributed by atoms with Crippen LogP contribution in [0.1, 0.15) is 18.7 Å². The molecule has 0 bridgehead atoms. The number of ether oxygens (including phenoxy) is 1. The van der Waals surface area contributed by atoms with E-state index in [1.165, 1.54) is 0 Å². The molecule has 1 saturated heterocycles. The van der Waals surface area contributed by atoms with Gasteiger partial charge in [0, 0.05) is 13.2 Å². The Bertz CT molecular complexity index is 452. The van der Waals surface area contributed by atoms with Crippen LogP contribution >= 0.6 is 0 Å². The Kier molecular flexibility index (Phi) is 3.90. The molecule has 0 spiro atoms. The Morgan fingerprint density at radius 3 is 2.89 bits per heavy atom. The molecule has 1 aliphatic heterocycles. The molecular weight excluding hydrogens is 254 g/mol. The number of tetrazole rings is 1. The van der Waals surface area contributed by atoms with E-state index >= 15 is 0 Å². The summed E-state index contributed by atoms with van der Waals surface area (Å²) in [5.41, 5.74) is 4.62. The number of hydrogen-bond acceptors (Lipinski definition) is 7. The number of hydrogen-bond donors (Lipinski definition) is 4. The molecule has 10 heteroatoms. The van der Waals surface area contributed by atoms with E-state index in [2.05, 4.69) is 31.1 Å². The quantitative estimate of drug-likeness (QED) is 0.221. The van der Waals surface area contributed by atoms with E-state index in [9.17, 15) is 4.79 Å². The van der Waals surface area contributed by atoms with Crippen LogP contribution in [0, 0.1) is 5.41 Å². The summed E-state index contributed by atoms with van der Waals surface area (Å²) in [6, 6.07) is 0. The highest BCUT2D eigenvalue weighted by Gasteiger charge is 2.44. The highest BCUT2D eigenvalue weighted by Crippen LogP contribution is 2.31. The Morgan fingerprint density at radius 2 is 2.32 bits per heavy atom. The van der Waals surface area contributed by atoms with Crippen molar-refractivity contribution < 1.29 is 14.7 Å². The number of carbonyl (C=O) groups excluding carboxylic acids is 1. The number of aromatic amines is 1. The van der Waals surface area contributed by atoms with Gasteiger partial charge in [-0.2, -0.15) is 5.21 Å². The Balaban J connectivity index is 2.07. The molecule has 5 N–H and O–H groups in total. The number of H-pyrrole nitrogens is 1. The Hall–Kier alpha value is -2.23. The third-order valence-corrected chi connectivity index (χ3v) is 3.18. The van der Waals surface area contributed by atoms with Gasteiger partial charge in [-0.1, -0.05) is 10.4 Å². The fourth-order valence-electron chi connectivity index (χ4n) is 2.00. The highest BCUT2D eigenvalue weighted by atomic mass is 16.5. The number of oxime groups is 1. The molecule has 1 aromatic heterocycles. The van der Waals surface area contributed by atoms with E-state index < -0.39 is 5.41 Å². The van der Waals surface area contributed by atoms with Gasteiger partial charge < -0.3 is 21.0 Å². The van der Waals surface area contributed by atoms with Gasteiger partial charge in [-0.3, -0.25) is 4.79 Å². The van der Waals surface area contributed by atoms with E-state index in [0.717, 1.165) is 0 Å². The molecule has 10 nitrogen and oxygen atoms in total. The number of rotatable bonds is 4. The largest absolute Gasteiger partial charge is 0.409 e. The average molecular weight is 269 g/mol. The maximum atomic E-state index is 12.3. The molecule has 0 saturated carbocycles. The van der Waals surface area contributed by atoms with Crippen molar-refractivity contribution in [1.82, 2.24) is 25.9 Å². The predicted octanol–water partition coefficient (Wildman–Crippen LogP) is -1.64. The molecule has 1 amide bonds. The zero-order valence-corrected chi connectivity index (χ0v) is 10.2. The third kappa shape index (κ3) is 2.62. The van der Waals surface area contributed by atoms with Crippen LogP contribution in [-0.2, 0) is 16.1 Å². The molecule has 2 rings (SSSR count). The number of carbonyl (C=O) groups is 1. The fourth-order valence-corrected chi connectivity index (χ4v) is 2.00. The Morgan fingerprint density at radius 1 is 1.58 bits per heavy atom. The molecule has 0 aromatic carbocycles. The second-order valence-corrected chi connectivity index (χ2v) is 4.19. The van der Waals surface area contributed by atoms with Gasteiger partial charge in [0.25, 0.3) is 0 Å². The smallest absolute Gasteiger partial charge is 0.234 e. The third-order valence-electron chi connectivity index (χ3n) is 3.18. The molecule has 104 valence electrons. The van der Waals surface area contributed by atoms with Crippen molar-refractivity contribution in [2.45, 2.75) is 19.4 Å². The maximum Gasteiger partial charge on any atom is 0.234 e. The first-order valence-electron chi connectivity index (χ1n) is 5.75. The molecule has 0 aliphatic carbocycles. The van der Waals surface area contributed by atoms with Crippen molar-refractivity contribution in [3.8, 4) is 0 Å². The van der Waals surface area contributed by atoms with Crippen LogP contribution in [0.3, 0.4) is 0 Å². The van der Waals surface area contributed by atoms with E-state index in [-0.39, 0.29) is 18.3 Å². The lowest BCUT2D eigenvalue weighted by Crippen LogP contribution is -2.52. The van der Waals surface area contributed by atoms with E-state index in [0.29, 0.717) is 31.9 Å². The molecule has 19 heavy (non-hydrogen) atoms. The van der Waals surface area contributed by atoms with Gasteiger partial charge in [-0.05, 0) is 12.8 Å². The lowest BCUT2D eigenvalue weighted by atomic mass is 9.78. The molecule has 1 aliphatic rings. The molecule has 2 heterocycles. The van der Waals surface area contributed by atoms with Crippen molar-refractivity contribution in [2.75, 3.05) is 13.2 Å². The minimum atomic E-state index is -1.04. The van der Waals surface area contributed by atoms with Crippen LogP contribution in [0.2, 0.25) is 0 Å². The van der Waals surface area contributed by atoms with Gasteiger partial charge in [0.05, 0.1) is 6.54 Å². The SMILES string of the molecule is NC(=NO)C1(C(=O)NCc2nn[nH]n2)CCOCC1. The number of aromatic nitrogens is 4. The van der Waals surface area contributed by atoms with Gasteiger partial charge >= 0.3 is 0 Å². The molecule has 0 unspecified atom stereocenters. The van der Waals surface area contributed by atoms with Crippen molar-refractivity contribution in [3.63, 3.8) is 0 Å². The maximum absolute atomic E-state index is 12.3. The number of nitrogens with two attached hydrogens (primary N) is 1. The van der Waals surface area contributed by atoms with Crippen molar-refractivity contribution in [3.05, 3.63) is 5.82 Å². The summed E-state index contributed by atoms with van der Waals surface area (Å²) < 4.78 is 5.21. The van der Waals surface area contributed by atoms with Crippen molar-refractivity contribution in [1.29, 1.82) is 0 Å². The first-order chi connectivity index (χ1) is 9.19. The summed E-state index contributed by atoms with van der Waals surface area (Å²) in [5.74, 6) is -0.0904. The zero-order valence-electron chi connectivity index (χ0n) is 10.2. The minimum absolute atomic E-state index is 0.110. The van der Waals surface area contributed by atoms with Crippen LogP contribution in [0.5, 0.6) is 0 Å². The average Bonchev–Trinajstić information content (AvgIpc) is 2.97. The molecule has 0 atom stereocenters. The van der Waals surface area contributed by atoms with E-state index in [4.69, 9.17) is 15.7 Å². The number of nitrogens with one attached hydrogen (secondary N) is 2. The second kappa shape index (κ2) is 5.61. The van der Waals surface area contributed by atoms with Crippen LogP contribution in [0.25, 0.3) is 0 Å². The van der Waals surface area contributed by atoms with Gasteiger partial charge in [-0.15, -0.1) is 10.2 Å². The number of nitrogens with zero attached hydrogens (tertiary/aromatic N) is 4. The predicted molar refractivity (Wildman–Crippen MR) is 61.9 cm³/mol. The zero-order chi connectivity index (χ0) is 13.7. The van der Waals surface area contributed by atoms with Crippen molar-refractivity contribution >= 4 is 11.7 Å². The minimum Gasteiger partial charge on any atom is -0.409 e. The monoisotopic (exact) mass is 269 g/mol. The molecule has 1 aromatic rings. The molecular formula is C9H15N7O3. The van der Waals surface area contributed by atoms with E-state index in [1.54, 1.807) is 0 Å². The van der Waals surface area contributed by atoms with Crippen molar-refractivity contribution in [2.24, 2.45) is 16.3 Å². The molecule has 0 radical (unpaired) electrons. The van der Waals surface area contributed by atoms with Crippen LogP contribution in [0.15, 0.2) is 5.16 Å². The van der Waals surface area contributed by atoms with Crippen LogP contribution < -0.4 is 11.1 Å². The summed E-state index contributed by atoms with van der Waals surface area (Å²) in [6.07, 6.45) is 0.724. The highest BCUT2D eigenvalue weighted by molar-refractivity contribution is 6.06. The second-order valence-electron chi connectivity index (χ2n) is 4.19. The van der Waals surface area contributed by atoms with E-state index in [1.807, 2.05) is 0 Å².